The summed E-state index contributed by atoms with van der Waals surface area (Å²) in [6.45, 7) is 9.12. The third-order valence-electron chi connectivity index (χ3n) is 5.01. The summed E-state index contributed by atoms with van der Waals surface area (Å²) < 4.78 is 7.16. The molecule has 1 fully saturated rings. The number of carbonyl (C=O) groups excluding carboxylic acids is 2. The summed E-state index contributed by atoms with van der Waals surface area (Å²) in [5.41, 5.74) is 3.85. The minimum atomic E-state index is -0.269. The summed E-state index contributed by atoms with van der Waals surface area (Å²) in [6.07, 6.45) is -0.269. The first-order valence-corrected chi connectivity index (χ1v) is 9.43. The van der Waals surface area contributed by atoms with E-state index in [0.717, 1.165) is 22.6 Å². The van der Waals surface area contributed by atoms with Gasteiger partial charge in [-0.1, -0.05) is 18.2 Å². The van der Waals surface area contributed by atoms with E-state index in [0.29, 0.717) is 39.3 Å². The molecule has 0 bridgehead atoms. The maximum Gasteiger partial charge on any atom is 0.409 e. The van der Waals surface area contributed by atoms with Gasteiger partial charge in [0, 0.05) is 48.8 Å². The summed E-state index contributed by atoms with van der Waals surface area (Å²) in [7, 11) is 0. The van der Waals surface area contributed by atoms with E-state index in [1.54, 1.807) is 11.8 Å². The Labute approximate surface area is 160 Å². The molecule has 0 saturated carbocycles. The number of carbonyl (C=O) groups is 2. The molecule has 0 radical (unpaired) electrons. The number of rotatable bonds is 5. The van der Waals surface area contributed by atoms with E-state index in [2.05, 4.69) is 9.47 Å². The summed E-state index contributed by atoms with van der Waals surface area (Å²) >= 11 is 0. The lowest BCUT2D eigenvalue weighted by Gasteiger charge is -2.33. The second kappa shape index (κ2) is 8.39. The summed E-state index contributed by atoms with van der Waals surface area (Å²) in [5.74, 6) is 0.120. The van der Waals surface area contributed by atoms with E-state index in [1.165, 1.54) is 0 Å². The number of hydrogen-bond donors (Lipinski definition) is 0. The number of benzene rings is 1. The van der Waals surface area contributed by atoms with Crippen LogP contribution in [0.4, 0.5) is 4.79 Å². The average Bonchev–Trinajstić information content (AvgIpc) is 2.97. The van der Waals surface area contributed by atoms with Crippen molar-refractivity contribution in [2.45, 2.75) is 20.8 Å². The number of nitrogens with zero attached hydrogens (tertiary/aromatic N) is 3. The number of para-hydroxylation sites is 1. The van der Waals surface area contributed by atoms with Gasteiger partial charge in [0.2, 0.25) is 0 Å². The first kappa shape index (κ1) is 19.2. The number of aromatic nitrogens is 1. The Kier molecular flexibility index (Phi) is 5.96. The molecule has 1 aliphatic rings. The van der Waals surface area contributed by atoms with Crippen LogP contribution in [0.15, 0.2) is 36.4 Å². The standard InChI is InChI=1S/C21H27N3O3/c1-4-27-21(26)23-12-10-22(11-13-23)15-20(25)19-14-16(2)24(17(19)3)18-8-6-5-7-9-18/h5-9,14H,4,10-13,15H2,1-3H3. The third-order valence-corrected chi connectivity index (χ3v) is 5.01. The first-order chi connectivity index (χ1) is 13.0. The Balaban J connectivity index is 1.65. The Bertz CT molecular complexity index is 806. The predicted molar refractivity (Wildman–Crippen MR) is 105 cm³/mol. The maximum atomic E-state index is 12.9. The van der Waals surface area contributed by atoms with Crippen molar-refractivity contribution in [1.82, 2.24) is 14.4 Å². The molecule has 2 heterocycles. The highest BCUT2D eigenvalue weighted by Gasteiger charge is 2.25. The summed E-state index contributed by atoms with van der Waals surface area (Å²) in [5, 5.41) is 0. The molecule has 0 unspecified atom stereocenters. The van der Waals surface area contributed by atoms with Gasteiger partial charge in [-0.2, -0.15) is 0 Å². The number of ketones is 1. The number of Topliss-reactive ketones (excluding diaryl/α,β-unsaturated/α-hetero) is 1. The highest BCUT2D eigenvalue weighted by Crippen LogP contribution is 2.21. The molecule has 1 aliphatic heterocycles. The molecular formula is C21H27N3O3. The minimum Gasteiger partial charge on any atom is -0.450 e. The number of aryl methyl sites for hydroxylation is 1. The van der Waals surface area contributed by atoms with Crippen LogP contribution in [0.3, 0.4) is 0 Å². The summed E-state index contributed by atoms with van der Waals surface area (Å²) in [6, 6.07) is 12.0. The lowest BCUT2D eigenvalue weighted by Crippen LogP contribution is -2.50. The van der Waals surface area contributed by atoms with Crippen LogP contribution in [0.1, 0.15) is 28.7 Å². The first-order valence-electron chi connectivity index (χ1n) is 9.43. The van der Waals surface area contributed by atoms with Gasteiger partial charge in [0.15, 0.2) is 5.78 Å². The van der Waals surface area contributed by atoms with Crippen molar-refractivity contribution in [3.63, 3.8) is 0 Å². The van der Waals surface area contributed by atoms with Crippen LogP contribution in [0.5, 0.6) is 0 Å². The molecule has 0 N–H and O–H groups in total. The van der Waals surface area contributed by atoms with Crippen molar-refractivity contribution in [2.75, 3.05) is 39.3 Å². The lowest BCUT2D eigenvalue weighted by atomic mass is 10.1. The largest absolute Gasteiger partial charge is 0.450 e. The van der Waals surface area contributed by atoms with Crippen LogP contribution in [0.2, 0.25) is 0 Å². The van der Waals surface area contributed by atoms with Crippen molar-refractivity contribution in [3.05, 3.63) is 53.3 Å². The van der Waals surface area contributed by atoms with Crippen LogP contribution in [-0.4, -0.2) is 65.6 Å². The van der Waals surface area contributed by atoms with Gasteiger partial charge in [-0.15, -0.1) is 0 Å². The van der Waals surface area contributed by atoms with Crippen molar-refractivity contribution in [1.29, 1.82) is 0 Å². The molecule has 27 heavy (non-hydrogen) atoms. The molecule has 1 aromatic carbocycles. The van der Waals surface area contributed by atoms with E-state index in [4.69, 9.17) is 4.74 Å². The zero-order valence-corrected chi connectivity index (χ0v) is 16.3. The lowest BCUT2D eigenvalue weighted by molar-refractivity contribution is 0.0733. The van der Waals surface area contributed by atoms with E-state index in [1.807, 2.05) is 50.2 Å². The number of amides is 1. The molecule has 2 aromatic rings. The monoisotopic (exact) mass is 369 g/mol. The normalized spacial score (nSPS) is 15.0. The van der Waals surface area contributed by atoms with E-state index in [-0.39, 0.29) is 11.9 Å². The zero-order chi connectivity index (χ0) is 19.4. The van der Waals surface area contributed by atoms with Crippen molar-refractivity contribution in [3.8, 4) is 5.69 Å². The van der Waals surface area contributed by atoms with E-state index in [9.17, 15) is 9.59 Å². The molecule has 0 atom stereocenters. The van der Waals surface area contributed by atoms with Crippen molar-refractivity contribution < 1.29 is 14.3 Å². The number of piperazine rings is 1. The van der Waals surface area contributed by atoms with Crippen LogP contribution in [0, 0.1) is 13.8 Å². The molecule has 0 aliphatic carbocycles. The molecule has 1 aromatic heterocycles. The van der Waals surface area contributed by atoms with Gasteiger partial charge in [0.25, 0.3) is 0 Å². The Morgan fingerprint density at radius 3 is 2.33 bits per heavy atom. The summed E-state index contributed by atoms with van der Waals surface area (Å²) in [4.78, 5) is 28.5. The van der Waals surface area contributed by atoms with Crippen LogP contribution in [0.25, 0.3) is 5.69 Å². The molecule has 1 amide bonds. The van der Waals surface area contributed by atoms with Gasteiger partial charge in [-0.3, -0.25) is 9.69 Å². The Morgan fingerprint density at radius 2 is 1.70 bits per heavy atom. The second-order valence-corrected chi connectivity index (χ2v) is 6.84. The van der Waals surface area contributed by atoms with Gasteiger partial charge < -0.3 is 14.2 Å². The fourth-order valence-corrected chi connectivity index (χ4v) is 3.61. The molecule has 0 spiro atoms. The zero-order valence-electron chi connectivity index (χ0n) is 16.3. The van der Waals surface area contributed by atoms with Crippen LogP contribution >= 0.6 is 0 Å². The smallest absolute Gasteiger partial charge is 0.409 e. The van der Waals surface area contributed by atoms with Gasteiger partial charge >= 0.3 is 6.09 Å². The maximum absolute atomic E-state index is 12.9. The van der Waals surface area contributed by atoms with Gasteiger partial charge in [0.05, 0.1) is 13.2 Å². The quantitative estimate of drug-likeness (QED) is 0.760. The van der Waals surface area contributed by atoms with Crippen molar-refractivity contribution in [2.24, 2.45) is 0 Å². The minimum absolute atomic E-state index is 0.120. The topological polar surface area (TPSA) is 54.8 Å². The van der Waals surface area contributed by atoms with E-state index >= 15 is 0 Å². The number of ether oxygens (including phenoxy) is 1. The van der Waals surface area contributed by atoms with Gasteiger partial charge in [-0.05, 0) is 39.0 Å². The fraction of sp³-hybridized carbons (Fsp3) is 0.429. The fourth-order valence-electron chi connectivity index (χ4n) is 3.61. The van der Waals surface area contributed by atoms with Crippen LogP contribution < -0.4 is 0 Å². The van der Waals surface area contributed by atoms with E-state index < -0.39 is 0 Å². The average molecular weight is 369 g/mol. The number of hydrogen-bond acceptors (Lipinski definition) is 4. The SMILES string of the molecule is CCOC(=O)N1CCN(CC(=O)c2cc(C)n(-c3ccccc3)c2C)CC1. The Hall–Kier alpha value is -2.60. The highest BCUT2D eigenvalue weighted by molar-refractivity contribution is 5.99. The molecule has 144 valence electrons. The molecule has 6 nitrogen and oxygen atoms in total. The predicted octanol–water partition coefficient (Wildman–Crippen LogP) is 3.05. The molecule has 1 saturated heterocycles. The molecule has 3 rings (SSSR count). The van der Waals surface area contributed by atoms with Gasteiger partial charge in [-0.25, -0.2) is 4.79 Å². The second-order valence-electron chi connectivity index (χ2n) is 6.84. The Morgan fingerprint density at radius 1 is 1.04 bits per heavy atom. The van der Waals surface area contributed by atoms with Crippen LogP contribution in [-0.2, 0) is 4.74 Å². The van der Waals surface area contributed by atoms with Crippen molar-refractivity contribution >= 4 is 11.9 Å². The molecule has 6 heteroatoms. The molecular weight excluding hydrogens is 342 g/mol. The van der Waals surface area contributed by atoms with Gasteiger partial charge in [0.1, 0.15) is 0 Å². The highest BCUT2D eigenvalue weighted by atomic mass is 16.6. The third kappa shape index (κ3) is 4.22.